The predicted octanol–water partition coefficient (Wildman–Crippen LogP) is 2.58. The number of nitrogens with zero attached hydrogens (tertiary/aromatic N) is 2. The van der Waals surface area contributed by atoms with Crippen molar-refractivity contribution in [1.29, 1.82) is 0 Å². The Hall–Kier alpha value is -1.46. The van der Waals surface area contributed by atoms with E-state index in [4.69, 9.17) is 4.74 Å². The molecule has 2 aromatic heterocycles. The molecule has 4 nitrogen and oxygen atoms in total. The van der Waals surface area contributed by atoms with Gasteiger partial charge >= 0.3 is 0 Å². The molecule has 0 bridgehead atoms. The highest BCUT2D eigenvalue weighted by molar-refractivity contribution is 7.07. The van der Waals surface area contributed by atoms with Crippen LogP contribution in [0.2, 0.25) is 0 Å². The zero-order chi connectivity index (χ0) is 12.9. The van der Waals surface area contributed by atoms with E-state index >= 15 is 0 Å². The molecule has 0 aromatic carbocycles. The van der Waals surface area contributed by atoms with Crippen molar-refractivity contribution in [3.05, 3.63) is 40.5 Å². The Balaban J connectivity index is 1.73. The summed E-state index contributed by atoms with van der Waals surface area (Å²) in [6, 6.07) is 4.13. The van der Waals surface area contributed by atoms with Gasteiger partial charge < -0.3 is 10.1 Å². The second kappa shape index (κ2) is 6.12. The standard InChI is InChI=1S/C14H17N3OS/c1-2-13(11-3-6-15-7-4-11)14(16-5-1)18-8-12-9-19-10-17-12/h1-2,5,9-11,15H,3-4,6-8H2. The molecule has 1 fully saturated rings. The Morgan fingerprint density at radius 1 is 1.32 bits per heavy atom. The van der Waals surface area contributed by atoms with Crippen LogP contribution in [0.3, 0.4) is 0 Å². The molecule has 19 heavy (non-hydrogen) atoms. The Kier molecular flexibility index (Phi) is 4.05. The number of ether oxygens (including phenoxy) is 1. The lowest BCUT2D eigenvalue weighted by molar-refractivity contribution is 0.282. The molecule has 0 spiro atoms. The van der Waals surface area contributed by atoms with Crippen LogP contribution >= 0.6 is 11.3 Å². The normalized spacial score (nSPS) is 16.4. The maximum Gasteiger partial charge on any atom is 0.217 e. The molecule has 0 unspecified atom stereocenters. The summed E-state index contributed by atoms with van der Waals surface area (Å²) in [5, 5.41) is 5.40. The average Bonchev–Trinajstić information content (AvgIpc) is 3.00. The highest BCUT2D eigenvalue weighted by atomic mass is 32.1. The van der Waals surface area contributed by atoms with Crippen molar-refractivity contribution in [3.63, 3.8) is 0 Å². The molecule has 1 aliphatic rings. The van der Waals surface area contributed by atoms with Gasteiger partial charge in [-0.25, -0.2) is 9.97 Å². The van der Waals surface area contributed by atoms with Gasteiger partial charge in [-0.3, -0.25) is 0 Å². The van der Waals surface area contributed by atoms with Crippen molar-refractivity contribution in [1.82, 2.24) is 15.3 Å². The van der Waals surface area contributed by atoms with Crippen molar-refractivity contribution in [2.24, 2.45) is 0 Å². The van der Waals surface area contributed by atoms with Crippen LogP contribution in [-0.2, 0) is 6.61 Å². The number of rotatable bonds is 4. The van der Waals surface area contributed by atoms with Gasteiger partial charge in [0.15, 0.2) is 0 Å². The molecule has 0 aliphatic carbocycles. The minimum atomic E-state index is 0.498. The average molecular weight is 275 g/mol. The molecule has 0 radical (unpaired) electrons. The van der Waals surface area contributed by atoms with Crippen LogP contribution in [0.15, 0.2) is 29.2 Å². The quantitative estimate of drug-likeness (QED) is 0.931. The van der Waals surface area contributed by atoms with Crippen molar-refractivity contribution in [3.8, 4) is 5.88 Å². The molecule has 100 valence electrons. The summed E-state index contributed by atoms with van der Waals surface area (Å²) in [6.07, 6.45) is 4.10. The van der Waals surface area contributed by atoms with Crippen molar-refractivity contribution >= 4 is 11.3 Å². The molecule has 3 heterocycles. The van der Waals surface area contributed by atoms with Gasteiger partial charge in [0.05, 0.1) is 11.2 Å². The summed E-state index contributed by atoms with van der Waals surface area (Å²) in [4.78, 5) is 8.62. The Morgan fingerprint density at radius 3 is 3.00 bits per heavy atom. The lowest BCUT2D eigenvalue weighted by atomic mass is 9.91. The van der Waals surface area contributed by atoms with Gasteiger partial charge in [0.2, 0.25) is 5.88 Å². The third-order valence-corrected chi connectivity index (χ3v) is 4.06. The summed E-state index contributed by atoms with van der Waals surface area (Å²) in [6.45, 7) is 2.65. The van der Waals surface area contributed by atoms with Gasteiger partial charge in [-0.05, 0) is 37.9 Å². The minimum Gasteiger partial charge on any atom is -0.471 e. The minimum absolute atomic E-state index is 0.498. The van der Waals surface area contributed by atoms with Crippen LogP contribution in [-0.4, -0.2) is 23.1 Å². The fraction of sp³-hybridized carbons (Fsp3) is 0.429. The molecule has 1 N–H and O–H groups in total. The van der Waals surface area contributed by atoms with Crippen LogP contribution in [0.1, 0.15) is 30.0 Å². The second-order valence-electron chi connectivity index (χ2n) is 4.69. The molecule has 0 amide bonds. The molecule has 2 aromatic rings. The van der Waals surface area contributed by atoms with E-state index in [1.165, 1.54) is 5.56 Å². The number of aromatic nitrogens is 2. The SMILES string of the molecule is c1cnc(OCc2cscn2)c(C2CCNCC2)c1. The zero-order valence-electron chi connectivity index (χ0n) is 10.7. The van der Waals surface area contributed by atoms with Crippen molar-refractivity contribution < 1.29 is 4.74 Å². The number of hydrogen-bond donors (Lipinski definition) is 1. The molecular formula is C14H17N3OS. The number of nitrogens with one attached hydrogen (secondary N) is 1. The first-order valence-electron chi connectivity index (χ1n) is 6.59. The molecule has 5 heteroatoms. The van der Waals surface area contributed by atoms with Gasteiger partial charge in [-0.2, -0.15) is 0 Å². The molecular weight excluding hydrogens is 258 g/mol. The van der Waals surface area contributed by atoms with Crippen molar-refractivity contribution in [2.45, 2.75) is 25.4 Å². The third-order valence-electron chi connectivity index (χ3n) is 3.42. The number of hydrogen-bond acceptors (Lipinski definition) is 5. The topological polar surface area (TPSA) is 47.0 Å². The second-order valence-corrected chi connectivity index (χ2v) is 5.41. The summed E-state index contributed by atoms with van der Waals surface area (Å²) < 4.78 is 5.85. The van der Waals surface area contributed by atoms with E-state index in [2.05, 4.69) is 21.4 Å². The maximum absolute atomic E-state index is 5.85. The smallest absolute Gasteiger partial charge is 0.217 e. The van der Waals surface area contributed by atoms with Crippen LogP contribution in [0.25, 0.3) is 0 Å². The van der Waals surface area contributed by atoms with Gasteiger partial charge in [-0.15, -0.1) is 11.3 Å². The van der Waals surface area contributed by atoms with Gasteiger partial charge in [0, 0.05) is 17.1 Å². The first kappa shape index (κ1) is 12.6. The Labute approximate surface area is 116 Å². The molecule has 1 aliphatic heterocycles. The first-order chi connectivity index (χ1) is 9.43. The van der Waals surface area contributed by atoms with E-state index < -0.39 is 0 Å². The Morgan fingerprint density at radius 2 is 2.21 bits per heavy atom. The highest BCUT2D eigenvalue weighted by Gasteiger charge is 2.19. The van der Waals surface area contributed by atoms with E-state index in [0.29, 0.717) is 12.5 Å². The fourth-order valence-corrected chi connectivity index (χ4v) is 2.96. The first-order valence-corrected chi connectivity index (χ1v) is 7.53. The summed E-state index contributed by atoms with van der Waals surface area (Å²) in [5.41, 5.74) is 4.02. The molecule has 3 rings (SSSR count). The van der Waals surface area contributed by atoms with Crippen molar-refractivity contribution in [2.75, 3.05) is 13.1 Å². The zero-order valence-corrected chi connectivity index (χ0v) is 11.5. The number of piperidine rings is 1. The lowest BCUT2D eigenvalue weighted by Crippen LogP contribution is -2.27. The summed E-state index contributed by atoms with van der Waals surface area (Å²) in [5.74, 6) is 1.32. The lowest BCUT2D eigenvalue weighted by Gasteiger charge is -2.24. The van der Waals surface area contributed by atoms with E-state index in [1.807, 2.05) is 17.0 Å². The van der Waals surface area contributed by atoms with E-state index in [9.17, 15) is 0 Å². The van der Waals surface area contributed by atoms with E-state index in [1.54, 1.807) is 17.5 Å². The Bertz CT molecular complexity index is 509. The molecule has 0 atom stereocenters. The van der Waals surface area contributed by atoms with Crippen LogP contribution in [0.4, 0.5) is 0 Å². The van der Waals surface area contributed by atoms with Gasteiger partial charge in [0.1, 0.15) is 6.61 Å². The number of thiazole rings is 1. The maximum atomic E-state index is 5.85. The van der Waals surface area contributed by atoms with Crippen LogP contribution in [0.5, 0.6) is 5.88 Å². The third kappa shape index (κ3) is 3.11. The largest absolute Gasteiger partial charge is 0.471 e. The van der Waals surface area contributed by atoms with E-state index in [0.717, 1.165) is 37.5 Å². The molecule has 1 saturated heterocycles. The number of pyridine rings is 1. The van der Waals surface area contributed by atoms with Gasteiger partial charge in [-0.1, -0.05) is 6.07 Å². The molecule has 0 saturated carbocycles. The summed E-state index contributed by atoms with van der Waals surface area (Å²) >= 11 is 1.59. The van der Waals surface area contributed by atoms with E-state index in [-0.39, 0.29) is 0 Å². The summed E-state index contributed by atoms with van der Waals surface area (Å²) in [7, 11) is 0. The van der Waals surface area contributed by atoms with Crippen LogP contribution < -0.4 is 10.1 Å². The van der Waals surface area contributed by atoms with Gasteiger partial charge in [0.25, 0.3) is 0 Å². The highest BCUT2D eigenvalue weighted by Crippen LogP contribution is 2.31. The van der Waals surface area contributed by atoms with Crippen LogP contribution in [0, 0.1) is 0 Å². The monoisotopic (exact) mass is 275 g/mol. The fourth-order valence-electron chi connectivity index (χ4n) is 2.42. The predicted molar refractivity (Wildman–Crippen MR) is 75.5 cm³/mol.